The van der Waals surface area contributed by atoms with Crippen molar-refractivity contribution in [1.29, 1.82) is 0 Å². The van der Waals surface area contributed by atoms with E-state index in [1.807, 2.05) is 75.1 Å². The van der Waals surface area contributed by atoms with Gasteiger partial charge in [-0.3, -0.25) is 4.90 Å². The van der Waals surface area contributed by atoms with Crippen LogP contribution >= 0.6 is 0 Å². The Labute approximate surface area is 265 Å². The number of carbonyl (C=O) groups excluding carboxylic acids is 5. The van der Waals surface area contributed by atoms with Crippen molar-refractivity contribution in [2.75, 3.05) is 45.9 Å². The van der Waals surface area contributed by atoms with E-state index >= 15 is 0 Å². The predicted molar refractivity (Wildman–Crippen MR) is 168 cm³/mol. The van der Waals surface area contributed by atoms with Gasteiger partial charge >= 0.3 is 172 Å². The molecule has 0 bridgehead atoms. The Morgan fingerprint density at radius 2 is 1.53 bits per heavy atom. The normalized spacial score (nSPS) is 13.9. The summed E-state index contributed by atoms with van der Waals surface area (Å²) in [6.45, 7) is 10.1. The molecule has 1 saturated heterocycles. The van der Waals surface area contributed by atoms with E-state index < -0.39 is 50.2 Å². The van der Waals surface area contributed by atoms with Crippen LogP contribution in [0.2, 0.25) is 0 Å². The fraction of sp³-hybridized carbons (Fsp3) is 0.516. The van der Waals surface area contributed by atoms with Gasteiger partial charge in [0.05, 0.1) is 13.2 Å². The average molecular weight is 713 g/mol. The summed E-state index contributed by atoms with van der Waals surface area (Å²) in [6.07, 6.45) is 1.84. The minimum absolute atomic E-state index is 0.150. The standard InChI is InChI=1S/C27H35N5O6Te.2C2H6/c33-13-10-28-27(37)23(17-21-7-4-16-39-21)31-24(34)18-29-26(36)22(9-8-20-5-2-1-3-6-20)30-25(35)19-32-11-14-38-15-12-32;2*1-2/h1-7,13,16,22-23H,8-12,14-15,17-19H2,(H,28,37)(H,29,36)(H,30,35)(H,31,34);2*1-2H3. The van der Waals surface area contributed by atoms with Gasteiger partial charge in [-0.15, -0.1) is 0 Å². The fourth-order valence-corrected chi connectivity index (χ4v) is 6.21. The zero-order valence-electron chi connectivity index (χ0n) is 25.7. The molecule has 2 atom stereocenters. The van der Waals surface area contributed by atoms with Gasteiger partial charge in [0.25, 0.3) is 0 Å². The Bertz CT molecular complexity index is 1080. The number of benzene rings is 1. The fourth-order valence-electron chi connectivity index (χ4n) is 4.07. The first-order valence-electron chi connectivity index (χ1n) is 14.9. The molecule has 0 aliphatic carbocycles. The Morgan fingerprint density at radius 1 is 0.884 bits per heavy atom. The summed E-state index contributed by atoms with van der Waals surface area (Å²) >= 11 is -0.514. The topological polar surface area (TPSA) is 146 Å². The molecule has 4 N–H and O–H groups in total. The van der Waals surface area contributed by atoms with E-state index in [4.69, 9.17) is 4.74 Å². The summed E-state index contributed by atoms with van der Waals surface area (Å²) in [7, 11) is 0. The minimum atomic E-state index is -0.854. The summed E-state index contributed by atoms with van der Waals surface area (Å²) < 4.78 is 8.49. The third kappa shape index (κ3) is 15.8. The summed E-state index contributed by atoms with van der Waals surface area (Å²) in [5.41, 5.74) is 1.03. The molecule has 1 fully saturated rings. The first-order chi connectivity index (χ1) is 20.9. The van der Waals surface area contributed by atoms with Crippen LogP contribution in [0.3, 0.4) is 0 Å². The molecular weight excluding hydrogens is 666 g/mol. The first kappa shape index (κ1) is 38.0. The van der Waals surface area contributed by atoms with Gasteiger partial charge in [-0.2, -0.15) is 0 Å². The van der Waals surface area contributed by atoms with Crippen LogP contribution in [0.5, 0.6) is 0 Å². The van der Waals surface area contributed by atoms with Gasteiger partial charge in [-0.1, -0.05) is 58.0 Å². The Kier molecular flexibility index (Phi) is 20.7. The molecule has 0 saturated carbocycles. The van der Waals surface area contributed by atoms with Crippen LogP contribution < -0.4 is 21.3 Å². The van der Waals surface area contributed by atoms with E-state index in [9.17, 15) is 24.0 Å². The zero-order valence-corrected chi connectivity index (χ0v) is 28.1. The van der Waals surface area contributed by atoms with E-state index in [0.717, 1.165) is 9.14 Å². The van der Waals surface area contributed by atoms with E-state index in [0.29, 0.717) is 51.9 Å². The third-order valence-electron chi connectivity index (χ3n) is 6.11. The van der Waals surface area contributed by atoms with Crippen molar-refractivity contribution in [2.45, 2.75) is 59.0 Å². The molecule has 11 nitrogen and oxygen atoms in total. The van der Waals surface area contributed by atoms with Crippen LogP contribution in [0.15, 0.2) is 46.5 Å². The number of carbonyl (C=O) groups is 5. The number of morpholine rings is 1. The van der Waals surface area contributed by atoms with Gasteiger partial charge in [0.15, 0.2) is 0 Å². The molecule has 2 unspecified atom stereocenters. The van der Waals surface area contributed by atoms with Crippen LogP contribution in [0.1, 0.15) is 43.3 Å². The maximum absolute atomic E-state index is 13.1. The SMILES string of the molecule is CC.CC.O=CCNC(=O)C(Cc1ccc[te]1)NC(=O)CNC(=O)C(CCc1ccccc1)NC(=O)CN1CCOCC1. The van der Waals surface area contributed by atoms with Crippen molar-refractivity contribution in [3.8, 4) is 0 Å². The number of rotatable bonds is 15. The summed E-state index contributed by atoms with van der Waals surface area (Å²) in [4.78, 5) is 63.6. The monoisotopic (exact) mass is 715 g/mol. The molecule has 43 heavy (non-hydrogen) atoms. The van der Waals surface area contributed by atoms with Crippen LogP contribution in [-0.2, 0) is 41.6 Å². The van der Waals surface area contributed by atoms with Crippen molar-refractivity contribution in [3.63, 3.8) is 0 Å². The molecule has 4 amide bonds. The minimum Gasteiger partial charge on any atom is -0.379 e. The van der Waals surface area contributed by atoms with Gasteiger partial charge in [0.2, 0.25) is 0 Å². The first-order valence-corrected chi connectivity index (χ1v) is 17.4. The van der Waals surface area contributed by atoms with E-state index in [2.05, 4.69) is 25.3 Å². The van der Waals surface area contributed by atoms with Crippen LogP contribution in [0.25, 0.3) is 0 Å². The molecule has 0 radical (unpaired) electrons. The molecular formula is C31H47N5O6Te. The number of hydrogen-bond acceptors (Lipinski definition) is 7. The maximum atomic E-state index is 13.1. The van der Waals surface area contributed by atoms with Gasteiger partial charge in [-0.05, 0) is 0 Å². The van der Waals surface area contributed by atoms with Crippen LogP contribution in [-0.4, -0.2) is 113 Å². The molecule has 1 aliphatic heterocycles. The second-order valence-corrected chi connectivity index (χ2v) is 12.0. The summed E-state index contributed by atoms with van der Waals surface area (Å²) in [5.74, 6) is -1.75. The molecule has 2 heterocycles. The van der Waals surface area contributed by atoms with Gasteiger partial charge < -0.3 is 4.74 Å². The molecule has 3 rings (SSSR count). The third-order valence-corrected chi connectivity index (χ3v) is 8.67. The van der Waals surface area contributed by atoms with Crippen molar-refractivity contribution in [3.05, 3.63) is 55.7 Å². The van der Waals surface area contributed by atoms with E-state index in [1.54, 1.807) is 0 Å². The van der Waals surface area contributed by atoms with Crippen molar-refractivity contribution < 1.29 is 28.7 Å². The predicted octanol–water partition coefficient (Wildman–Crippen LogP) is 0.704. The number of ether oxygens (including phenoxy) is 1. The average Bonchev–Trinajstić information content (AvgIpc) is 3.56. The molecule has 1 aromatic carbocycles. The number of nitrogens with zero attached hydrogens (tertiary/aromatic N) is 1. The number of nitrogens with one attached hydrogen (secondary N) is 4. The van der Waals surface area contributed by atoms with Crippen LogP contribution in [0.4, 0.5) is 0 Å². The summed E-state index contributed by atoms with van der Waals surface area (Å²) in [6, 6.07) is 11.8. The van der Waals surface area contributed by atoms with Crippen molar-refractivity contribution in [2.24, 2.45) is 0 Å². The van der Waals surface area contributed by atoms with E-state index in [1.165, 1.54) is 0 Å². The summed E-state index contributed by atoms with van der Waals surface area (Å²) in [5, 5.41) is 10.6. The van der Waals surface area contributed by atoms with E-state index in [-0.39, 0.29) is 25.5 Å². The Morgan fingerprint density at radius 3 is 2.16 bits per heavy atom. The Hall–Kier alpha value is -3.04. The number of aldehydes is 1. The molecule has 1 aliphatic rings. The molecule has 1 aromatic heterocycles. The quantitative estimate of drug-likeness (QED) is 0.157. The van der Waals surface area contributed by atoms with Gasteiger partial charge in [-0.25, -0.2) is 0 Å². The smallest absolute Gasteiger partial charge is 0.379 e. The Balaban J connectivity index is 0.00000221. The van der Waals surface area contributed by atoms with Gasteiger partial charge in [0, 0.05) is 13.1 Å². The zero-order chi connectivity index (χ0) is 31.9. The number of aryl methyl sites for hydroxylation is 1. The second kappa shape index (κ2) is 23.4. The van der Waals surface area contributed by atoms with Crippen molar-refractivity contribution in [1.82, 2.24) is 26.2 Å². The van der Waals surface area contributed by atoms with Gasteiger partial charge in [0.1, 0.15) is 0 Å². The molecule has 2 aromatic rings. The molecule has 0 spiro atoms. The van der Waals surface area contributed by atoms with Crippen molar-refractivity contribution >= 4 is 50.3 Å². The second-order valence-electron chi connectivity index (χ2n) is 9.07. The molecule has 12 heteroatoms. The molecule has 238 valence electrons. The van der Waals surface area contributed by atoms with Crippen LogP contribution in [0, 0.1) is 0 Å². The number of amides is 4. The number of hydrogen-bond donors (Lipinski definition) is 4.